The van der Waals surface area contributed by atoms with Crippen molar-refractivity contribution in [3.8, 4) is 11.5 Å². The number of fused-ring (bicyclic) bond motifs is 1. The zero-order valence-corrected chi connectivity index (χ0v) is 20.0. The Hall–Kier alpha value is -2.87. The topological polar surface area (TPSA) is 67.9 Å². The van der Waals surface area contributed by atoms with Gasteiger partial charge in [0.1, 0.15) is 0 Å². The van der Waals surface area contributed by atoms with Crippen LogP contribution in [0.2, 0.25) is 0 Å². The summed E-state index contributed by atoms with van der Waals surface area (Å²) in [5, 5.41) is 0. The van der Waals surface area contributed by atoms with Gasteiger partial charge in [0.15, 0.2) is 11.5 Å². The largest absolute Gasteiger partial charge is 0.493 e. The highest BCUT2D eigenvalue weighted by molar-refractivity contribution is 7.89. The molecular weight excluding hydrogens is 436 g/mol. The van der Waals surface area contributed by atoms with Crippen molar-refractivity contribution in [2.45, 2.75) is 36.9 Å². The van der Waals surface area contributed by atoms with Gasteiger partial charge in [-0.1, -0.05) is 48.5 Å². The SMILES string of the molecule is COc1cc2c(cc1OC)[C@@H]([C@@H](C)NS(=O)(=O)c1ccccc1)N(Cc1ccccc1)CC2. The van der Waals surface area contributed by atoms with E-state index in [4.69, 9.17) is 9.47 Å². The summed E-state index contributed by atoms with van der Waals surface area (Å²) < 4.78 is 40.2. The minimum Gasteiger partial charge on any atom is -0.493 e. The molecular formula is C26H30N2O4S. The summed E-state index contributed by atoms with van der Waals surface area (Å²) in [5.41, 5.74) is 3.38. The molecule has 0 aromatic heterocycles. The third-order valence-electron chi connectivity index (χ3n) is 6.12. The molecule has 174 valence electrons. The van der Waals surface area contributed by atoms with Gasteiger partial charge in [-0.25, -0.2) is 13.1 Å². The number of benzene rings is 3. The summed E-state index contributed by atoms with van der Waals surface area (Å²) in [6.07, 6.45) is 0.844. The zero-order valence-electron chi connectivity index (χ0n) is 19.2. The lowest BCUT2D eigenvalue weighted by Gasteiger charge is -2.41. The minimum absolute atomic E-state index is 0.174. The average molecular weight is 467 g/mol. The molecule has 0 radical (unpaired) electrons. The molecule has 0 aliphatic carbocycles. The van der Waals surface area contributed by atoms with Crippen molar-refractivity contribution in [3.05, 3.63) is 89.5 Å². The zero-order chi connectivity index (χ0) is 23.4. The summed E-state index contributed by atoms with van der Waals surface area (Å²) in [6, 6.07) is 22.2. The van der Waals surface area contributed by atoms with E-state index >= 15 is 0 Å². The van der Waals surface area contributed by atoms with Crippen molar-refractivity contribution in [1.82, 2.24) is 9.62 Å². The molecule has 0 fully saturated rings. The van der Waals surface area contributed by atoms with Crippen LogP contribution >= 0.6 is 0 Å². The van der Waals surface area contributed by atoms with Gasteiger partial charge in [-0.3, -0.25) is 4.90 Å². The number of ether oxygens (including phenoxy) is 2. The molecule has 0 saturated heterocycles. The van der Waals surface area contributed by atoms with Crippen LogP contribution in [-0.2, 0) is 23.0 Å². The third-order valence-corrected chi connectivity index (χ3v) is 7.70. The number of methoxy groups -OCH3 is 2. The van der Waals surface area contributed by atoms with Gasteiger partial charge in [0.05, 0.1) is 25.2 Å². The third kappa shape index (κ3) is 5.05. The Morgan fingerprint density at radius 1 is 0.970 bits per heavy atom. The van der Waals surface area contributed by atoms with Crippen LogP contribution in [0.4, 0.5) is 0 Å². The highest BCUT2D eigenvalue weighted by atomic mass is 32.2. The molecule has 0 spiro atoms. The lowest BCUT2D eigenvalue weighted by molar-refractivity contribution is 0.150. The lowest BCUT2D eigenvalue weighted by Crippen LogP contribution is -2.47. The van der Waals surface area contributed by atoms with E-state index in [1.54, 1.807) is 44.6 Å². The van der Waals surface area contributed by atoms with Crippen LogP contribution in [0.1, 0.15) is 29.7 Å². The molecule has 0 amide bonds. The van der Waals surface area contributed by atoms with Gasteiger partial charge < -0.3 is 9.47 Å². The summed E-state index contributed by atoms with van der Waals surface area (Å²) in [7, 11) is -0.425. The van der Waals surface area contributed by atoms with Gasteiger partial charge in [-0.15, -0.1) is 0 Å². The van der Waals surface area contributed by atoms with Gasteiger partial charge in [0.2, 0.25) is 10.0 Å². The van der Waals surface area contributed by atoms with E-state index < -0.39 is 10.0 Å². The van der Waals surface area contributed by atoms with Crippen LogP contribution in [0.5, 0.6) is 11.5 Å². The van der Waals surface area contributed by atoms with Crippen molar-refractivity contribution in [3.63, 3.8) is 0 Å². The number of rotatable bonds is 8. The first-order valence-corrected chi connectivity index (χ1v) is 12.5. The maximum atomic E-state index is 13.1. The molecule has 6 nitrogen and oxygen atoms in total. The predicted molar refractivity (Wildman–Crippen MR) is 129 cm³/mol. The first kappa shape index (κ1) is 23.3. The van der Waals surface area contributed by atoms with Crippen molar-refractivity contribution in [1.29, 1.82) is 0 Å². The van der Waals surface area contributed by atoms with E-state index in [0.29, 0.717) is 11.5 Å². The molecule has 1 heterocycles. The Balaban J connectivity index is 1.72. The van der Waals surface area contributed by atoms with Gasteiger partial charge in [-0.05, 0) is 54.3 Å². The van der Waals surface area contributed by atoms with Crippen LogP contribution in [0.25, 0.3) is 0 Å². The lowest BCUT2D eigenvalue weighted by atomic mass is 9.88. The fraction of sp³-hybridized carbons (Fsp3) is 0.308. The second kappa shape index (κ2) is 9.95. The monoisotopic (exact) mass is 466 g/mol. The van der Waals surface area contributed by atoms with Crippen molar-refractivity contribution in [2.24, 2.45) is 0 Å². The number of nitrogens with one attached hydrogen (secondary N) is 1. The summed E-state index contributed by atoms with van der Waals surface area (Å²) in [6.45, 7) is 3.45. The Morgan fingerprint density at radius 3 is 2.21 bits per heavy atom. The summed E-state index contributed by atoms with van der Waals surface area (Å²) in [5.74, 6) is 1.32. The number of nitrogens with zero attached hydrogens (tertiary/aromatic N) is 1. The molecule has 1 N–H and O–H groups in total. The Kier molecular flexibility index (Phi) is 7.02. The van der Waals surface area contributed by atoms with Gasteiger partial charge >= 0.3 is 0 Å². The fourth-order valence-corrected chi connectivity index (χ4v) is 5.86. The Bertz CT molecular complexity index is 1180. The standard InChI is InChI=1S/C26H30N2O4S/c1-19(27-33(29,30)22-12-8-5-9-13-22)26-23-17-25(32-3)24(31-2)16-21(23)14-15-28(26)18-20-10-6-4-7-11-20/h4-13,16-17,19,26-27H,14-15,18H2,1-3H3/t19-,26-/m1/s1. The smallest absolute Gasteiger partial charge is 0.240 e. The second-order valence-electron chi connectivity index (χ2n) is 8.28. The van der Waals surface area contributed by atoms with E-state index in [-0.39, 0.29) is 17.0 Å². The second-order valence-corrected chi connectivity index (χ2v) is 9.99. The van der Waals surface area contributed by atoms with E-state index in [1.807, 2.05) is 37.3 Å². The van der Waals surface area contributed by atoms with Gasteiger partial charge in [0, 0.05) is 19.1 Å². The minimum atomic E-state index is -3.67. The number of hydrogen-bond donors (Lipinski definition) is 1. The Labute approximate surface area is 196 Å². The normalized spacial score (nSPS) is 17.2. The highest BCUT2D eigenvalue weighted by Gasteiger charge is 2.35. The Morgan fingerprint density at radius 2 is 1.58 bits per heavy atom. The van der Waals surface area contributed by atoms with Crippen molar-refractivity contribution in [2.75, 3.05) is 20.8 Å². The molecule has 33 heavy (non-hydrogen) atoms. The molecule has 1 aliphatic rings. The molecule has 3 aromatic rings. The van der Waals surface area contributed by atoms with Crippen LogP contribution in [-0.4, -0.2) is 40.1 Å². The maximum absolute atomic E-state index is 13.1. The van der Waals surface area contributed by atoms with Crippen molar-refractivity contribution < 1.29 is 17.9 Å². The molecule has 0 saturated carbocycles. The quantitative estimate of drug-likeness (QED) is 0.540. The molecule has 0 bridgehead atoms. The molecule has 3 aromatic carbocycles. The van der Waals surface area contributed by atoms with E-state index in [0.717, 1.165) is 30.6 Å². The van der Waals surface area contributed by atoms with E-state index in [2.05, 4.69) is 21.8 Å². The van der Waals surface area contributed by atoms with Crippen LogP contribution in [0, 0.1) is 0 Å². The molecule has 0 unspecified atom stereocenters. The fourth-order valence-electron chi connectivity index (χ4n) is 4.59. The summed E-state index contributed by atoms with van der Waals surface area (Å²) in [4.78, 5) is 2.59. The molecule has 1 aliphatic heterocycles. The maximum Gasteiger partial charge on any atom is 0.240 e. The predicted octanol–water partition coefficient (Wildman–Crippen LogP) is 4.17. The molecule has 2 atom stereocenters. The summed E-state index contributed by atoms with van der Waals surface area (Å²) >= 11 is 0. The van der Waals surface area contributed by atoms with Crippen LogP contribution in [0.3, 0.4) is 0 Å². The highest BCUT2D eigenvalue weighted by Crippen LogP contribution is 2.40. The van der Waals surface area contributed by atoms with Gasteiger partial charge in [0.25, 0.3) is 0 Å². The molecule has 4 rings (SSSR count). The van der Waals surface area contributed by atoms with Crippen LogP contribution in [0.15, 0.2) is 77.7 Å². The first-order valence-electron chi connectivity index (χ1n) is 11.0. The average Bonchev–Trinajstić information content (AvgIpc) is 2.83. The van der Waals surface area contributed by atoms with Crippen LogP contribution < -0.4 is 14.2 Å². The number of sulfonamides is 1. The number of hydrogen-bond acceptors (Lipinski definition) is 5. The van der Waals surface area contributed by atoms with E-state index in [9.17, 15) is 8.42 Å². The van der Waals surface area contributed by atoms with E-state index in [1.165, 1.54) is 5.56 Å². The van der Waals surface area contributed by atoms with Crippen molar-refractivity contribution >= 4 is 10.0 Å². The molecule has 7 heteroatoms. The van der Waals surface area contributed by atoms with Gasteiger partial charge in [-0.2, -0.15) is 0 Å². The first-order chi connectivity index (χ1) is 15.9.